The third kappa shape index (κ3) is 4.44. The van der Waals surface area contributed by atoms with Gasteiger partial charge in [0.05, 0.1) is 6.54 Å². The molecule has 1 heterocycles. The van der Waals surface area contributed by atoms with Crippen molar-refractivity contribution in [1.82, 2.24) is 15.1 Å². The molecule has 22 heavy (non-hydrogen) atoms. The maximum absolute atomic E-state index is 13.9. The molecule has 1 fully saturated rings. The van der Waals surface area contributed by atoms with E-state index in [9.17, 15) is 9.18 Å². The van der Waals surface area contributed by atoms with Crippen molar-refractivity contribution < 1.29 is 9.18 Å². The lowest BCUT2D eigenvalue weighted by molar-refractivity contribution is 0.125. The van der Waals surface area contributed by atoms with E-state index in [1.807, 2.05) is 19.9 Å². The molecule has 0 radical (unpaired) electrons. The predicted octanol–water partition coefficient (Wildman–Crippen LogP) is 2.84. The van der Waals surface area contributed by atoms with Crippen LogP contribution in [0.25, 0.3) is 0 Å². The number of amides is 2. The van der Waals surface area contributed by atoms with Crippen molar-refractivity contribution in [2.75, 3.05) is 20.1 Å². The van der Waals surface area contributed by atoms with Gasteiger partial charge in [0.2, 0.25) is 0 Å². The molecule has 1 aliphatic rings. The molecule has 1 N–H and O–H groups in total. The van der Waals surface area contributed by atoms with Gasteiger partial charge < -0.3 is 15.1 Å². The molecule has 0 unspecified atom stereocenters. The minimum atomic E-state index is -0.252. The van der Waals surface area contributed by atoms with Crippen LogP contribution >= 0.6 is 0 Å². The lowest BCUT2D eigenvalue weighted by atomic mass is 10.0. The number of carbonyl (C=O) groups excluding carboxylic acids is 1. The molecule has 0 aromatic heterocycles. The molecule has 2 amide bonds. The second kappa shape index (κ2) is 7.58. The molecule has 0 spiro atoms. The molecule has 4 nitrogen and oxygen atoms in total. The Hall–Kier alpha value is -1.62. The first kappa shape index (κ1) is 16.7. The van der Waals surface area contributed by atoms with Gasteiger partial charge >= 0.3 is 6.03 Å². The Morgan fingerprint density at radius 2 is 2.00 bits per heavy atom. The fraction of sp³-hybridized carbons (Fsp3) is 0.588. The molecule has 0 saturated carbocycles. The SMILES string of the molecule is CC(C)NC(=O)N(Cc1ccccc1F)C1CCN(C)CC1. The van der Waals surface area contributed by atoms with E-state index in [1.54, 1.807) is 17.0 Å². The molecule has 5 heteroatoms. The number of hydrogen-bond donors (Lipinski definition) is 1. The zero-order valence-electron chi connectivity index (χ0n) is 13.7. The minimum absolute atomic E-state index is 0.0712. The first-order valence-electron chi connectivity index (χ1n) is 7.96. The summed E-state index contributed by atoms with van der Waals surface area (Å²) in [4.78, 5) is 16.6. The molecule has 122 valence electrons. The summed E-state index contributed by atoms with van der Waals surface area (Å²) in [6.07, 6.45) is 1.85. The lowest BCUT2D eigenvalue weighted by Gasteiger charge is -2.37. The van der Waals surface area contributed by atoms with Crippen LogP contribution in [-0.4, -0.2) is 48.1 Å². The molecule has 1 aromatic carbocycles. The Labute approximate surface area is 132 Å². The number of halogens is 1. The van der Waals surface area contributed by atoms with Gasteiger partial charge in [-0.15, -0.1) is 0 Å². The van der Waals surface area contributed by atoms with E-state index in [4.69, 9.17) is 0 Å². The molecular formula is C17H26FN3O. The number of hydrogen-bond acceptors (Lipinski definition) is 2. The van der Waals surface area contributed by atoms with Crippen molar-refractivity contribution in [3.8, 4) is 0 Å². The van der Waals surface area contributed by atoms with E-state index in [0.29, 0.717) is 12.1 Å². The van der Waals surface area contributed by atoms with Crippen LogP contribution in [0.2, 0.25) is 0 Å². The van der Waals surface area contributed by atoms with E-state index >= 15 is 0 Å². The summed E-state index contributed by atoms with van der Waals surface area (Å²) in [5.74, 6) is -0.252. The van der Waals surface area contributed by atoms with Crippen molar-refractivity contribution in [1.29, 1.82) is 0 Å². The third-order valence-electron chi connectivity index (χ3n) is 4.10. The molecular weight excluding hydrogens is 281 g/mol. The number of rotatable bonds is 4. The van der Waals surface area contributed by atoms with Gasteiger partial charge in [0, 0.05) is 17.6 Å². The van der Waals surface area contributed by atoms with E-state index in [2.05, 4.69) is 17.3 Å². The maximum Gasteiger partial charge on any atom is 0.318 e. The first-order valence-corrected chi connectivity index (χ1v) is 7.96. The van der Waals surface area contributed by atoms with Gasteiger partial charge in [0.1, 0.15) is 5.82 Å². The van der Waals surface area contributed by atoms with Crippen molar-refractivity contribution in [2.45, 2.75) is 45.3 Å². The highest BCUT2D eigenvalue weighted by molar-refractivity contribution is 5.74. The number of benzene rings is 1. The highest BCUT2D eigenvalue weighted by Crippen LogP contribution is 2.20. The monoisotopic (exact) mass is 307 g/mol. The lowest BCUT2D eigenvalue weighted by Crippen LogP contribution is -2.51. The summed E-state index contributed by atoms with van der Waals surface area (Å²) in [6.45, 7) is 6.13. The highest BCUT2D eigenvalue weighted by Gasteiger charge is 2.27. The van der Waals surface area contributed by atoms with Gasteiger partial charge in [-0.3, -0.25) is 0 Å². The van der Waals surface area contributed by atoms with Crippen LogP contribution in [0.4, 0.5) is 9.18 Å². The normalized spacial score (nSPS) is 16.8. The second-order valence-electron chi connectivity index (χ2n) is 6.36. The molecule has 2 rings (SSSR count). The van der Waals surface area contributed by atoms with Crippen LogP contribution in [0.15, 0.2) is 24.3 Å². The van der Waals surface area contributed by atoms with Gasteiger partial charge in [-0.2, -0.15) is 0 Å². The Morgan fingerprint density at radius 1 is 1.36 bits per heavy atom. The van der Waals surface area contributed by atoms with Crippen LogP contribution in [0.1, 0.15) is 32.3 Å². The van der Waals surface area contributed by atoms with Gasteiger partial charge in [0.15, 0.2) is 0 Å². The standard InChI is InChI=1S/C17H26FN3O/c1-13(2)19-17(22)21(15-8-10-20(3)11-9-15)12-14-6-4-5-7-16(14)18/h4-7,13,15H,8-12H2,1-3H3,(H,19,22). The number of piperidine rings is 1. The number of carbonyl (C=O) groups is 1. The van der Waals surface area contributed by atoms with E-state index in [-0.39, 0.29) is 23.9 Å². The molecule has 0 atom stereocenters. The molecule has 0 bridgehead atoms. The number of likely N-dealkylation sites (tertiary alicyclic amines) is 1. The van der Waals surface area contributed by atoms with Crippen molar-refractivity contribution in [3.05, 3.63) is 35.6 Å². The smallest absolute Gasteiger partial charge is 0.318 e. The largest absolute Gasteiger partial charge is 0.336 e. The van der Waals surface area contributed by atoms with Crippen molar-refractivity contribution >= 4 is 6.03 Å². The number of nitrogens with zero attached hydrogens (tertiary/aromatic N) is 2. The van der Waals surface area contributed by atoms with E-state index < -0.39 is 0 Å². The van der Waals surface area contributed by atoms with Crippen LogP contribution in [0.5, 0.6) is 0 Å². The highest BCUT2D eigenvalue weighted by atomic mass is 19.1. The Kier molecular flexibility index (Phi) is 5.77. The van der Waals surface area contributed by atoms with Crippen LogP contribution < -0.4 is 5.32 Å². The Bertz CT molecular complexity index is 498. The zero-order chi connectivity index (χ0) is 16.1. The van der Waals surface area contributed by atoms with Gasteiger partial charge in [-0.25, -0.2) is 9.18 Å². The van der Waals surface area contributed by atoms with Gasteiger partial charge in [-0.05, 0) is 52.9 Å². The van der Waals surface area contributed by atoms with Crippen molar-refractivity contribution in [3.63, 3.8) is 0 Å². The summed E-state index contributed by atoms with van der Waals surface area (Å²) in [7, 11) is 2.09. The average Bonchev–Trinajstić information content (AvgIpc) is 2.47. The molecule has 0 aliphatic carbocycles. The van der Waals surface area contributed by atoms with E-state index in [1.165, 1.54) is 6.07 Å². The Morgan fingerprint density at radius 3 is 2.59 bits per heavy atom. The van der Waals surface area contributed by atoms with Gasteiger partial charge in [-0.1, -0.05) is 18.2 Å². The second-order valence-corrected chi connectivity index (χ2v) is 6.36. The van der Waals surface area contributed by atoms with Crippen LogP contribution in [0.3, 0.4) is 0 Å². The van der Waals surface area contributed by atoms with Crippen LogP contribution in [0, 0.1) is 5.82 Å². The summed E-state index contributed by atoms with van der Waals surface area (Å²) >= 11 is 0. The summed E-state index contributed by atoms with van der Waals surface area (Å²) in [5.41, 5.74) is 0.570. The van der Waals surface area contributed by atoms with Gasteiger partial charge in [0.25, 0.3) is 0 Å². The Balaban J connectivity index is 2.14. The van der Waals surface area contributed by atoms with Crippen LogP contribution in [-0.2, 0) is 6.54 Å². The quantitative estimate of drug-likeness (QED) is 0.928. The molecule has 1 aromatic rings. The zero-order valence-corrected chi connectivity index (χ0v) is 13.7. The summed E-state index contributed by atoms with van der Waals surface area (Å²) in [6, 6.07) is 6.81. The topological polar surface area (TPSA) is 35.6 Å². The van der Waals surface area contributed by atoms with E-state index in [0.717, 1.165) is 25.9 Å². The van der Waals surface area contributed by atoms with Crippen molar-refractivity contribution in [2.24, 2.45) is 0 Å². The number of nitrogens with one attached hydrogen (secondary N) is 1. The fourth-order valence-electron chi connectivity index (χ4n) is 2.81. The summed E-state index contributed by atoms with van der Waals surface area (Å²) < 4.78 is 13.9. The first-order chi connectivity index (χ1) is 10.5. The number of urea groups is 1. The molecule has 1 saturated heterocycles. The summed E-state index contributed by atoms with van der Waals surface area (Å²) in [5, 5.41) is 2.94. The third-order valence-corrected chi connectivity index (χ3v) is 4.10. The predicted molar refractivity (Wildman–Crippen MR) is 86.1 cm³/mol. The minimum Gasteiger partial charge on any atom is -0.336 e. The maximum atomic E-state index is 13.9. The molecule has 1 aliphatic heterocycles. The fourth-order valence-corrected chi connectivity index (χ4v) is 2.81. The average molecular weight is 307 g/mol.